The van der Waals surface area contributed by atoms with Crippen molar-refractivity contribution < 1.29 is 22.7 Å². The van der Waals surface area contributed by atoms with Gasteiger partial charge in [0, 0.05) is 17.7 Å². The second kappa shape index (κ2) is 10.6. The summed E-state index contributed by atoms with van der Waals surface area (Å²) in [6.07, 6.45) is 1.39. The number of aromatic nitrogens is 2. The van der Waals surface area contributed by atoms with Crippen molar-refractivity contribution in [2.75, 3.05) is 17.1 Å². The maximum Gasteiger partial charge on any atom is 0.281 e. The molecule has 0 fully saturated rings. The van der Waals surface area contributed by atoms with Crippen LogP contribution in [0.5, 0.6) is 11.5 Å². The van der Waals surface area contributed by atoms with Crippen molar-refractivity contribution in [1.29, 1.82) is 0 Å². The molecule has 2 heterocycles. The number of benzene rings is 2. The highest BCUT2D eigenvalue weighted by Crippen LogP contribution is 2.37. The minimum atomic E-state index is -4.06. The van der Waals surface area contributed by atoms with E-state index < -0.39 is 15.8 Å². The normalized spacial score (nSPS) is 11.4. The molecule has 0 atom stereocenters. The molecule has 4 aromatic rings. The zero-order valence-electron chi connectivity index (χ0n) is 18.8. The smallest absolute Gasteiger partial charge is 0.281 e. The van der Waals surface area contributed by atoms with Gasteiger partial charge in [0.05, 0.1) is 33.5 Å². The fourth-order valence-electron chi connectivity index (χ4n) is 3.34. The van der Waals surface area contributed by atoms with Gasteiger partial charge in [-0.25, -0.2) is 14.4 Å². The zero-order chi connectivity index (χ0) is 26.0. The Kier molecular flexibility index (Phi) is 7.69. The van der Waals surface area contributed by atoms with Gasteiger partial charge in [-0.05, 0) is 52.7 Å². The third kappa shape index (κ3) is 5.56. The van der Waals surface area contributed by atoms with Crippen molar-refractivity contribution in [3.05, 3.63) is 74.4 Å². The van der Waals surface area contributed by atoms with Crippen LogP contribution in [0.2, 0.25) is 5.02 Å². The Balaban J connectivity index is 1.51. The molecule has 0 saturated carbocycles. The number of anilines is 2. The summed E-state index contributed by atoms with van der Waals surface area (Å²) < 4.78 is 48.0. The van der Waals surface area contributed by atoms with Crippen LogP contribution in [0.25, 0.3) is 11.3 Å². The summed E-state index contributed by atoms with van der Waals surface area (Å²) in [4.78, 5) is 8.42. The number of hydrogen-bond donors (Lipinski definition) is 3. The van der Waals surface area contributed by atoms with Crippen molar-refractivity contribution in [2.45, 2.75) is 18.5 Å². The van der Waals surface area contributed by atoms with Gasteiger partial charge in [-0.15, -0.1) is 0 Å². The molecule has 0 aliphatic carbocycles. The van der Waals surface area contributed by atoms with E-state index in [2.05, 4.69) is 35.9 Å². The van der Waals surface area contributed by atoms with E-state index in [1.807, 2.05) is 0 Å². The number of nitrogens with zero attached hydrogens (tertiary/aromatic N) is 2. The molecule has 13 heteroatoms. The number of phenolic OH excluding ortho intramolecular Hbond substituents is 1. The van der Waals surface area contributed by atoms with E-state index in [1.54, 1.807) is 37.3 Å². The predicted molar refractivity (Wildman–Crippen MR) is 142 cm³/mol. The van der Waals surface area contributed by atoms with Crippen molar-refractivity contribution in [3.8, 4) is 22.8 Å². The molecule has 0 radical (unpaired) electrons. The number of para-hydroxylation sites is 1. The Morgan fingerprint density at radius 2 is 2.03 bits per heavy atom. The molecule has 0 aliphatic heterocycles. The van der Waals surface area contributed by atoms with Gasteiger partial charge in [0.1, 0.15) is 5.82 Å². The molecule has 8 nitrogen and oxygen atoms in total. The summed E-state index contributed by atoms with van der Waals surface area (Å²) in [6, 6.07) is 11.0. The van der Waals surface area contributed by atoms with Gasteiger partial charge in [0.15, 0.2) is 21.7 Å². The Morgan fingerprint density at radius 1 is 1.25 bits per heavy atom. The number of pyridine rings is 1. The number of hydrogen-bond acceptors (Lipinski definition) is 8. The van der Waals surface area contributed by atoms with Gasteiger partial charge in [0.2, 0.25) is 0 Å². The van der Waals surface area contributed by atoms with Crippen LogP contribution >= 0.6 is 38.9 Å². The number of ether oxygens (including phenoxy) is 1. The summed E-state index contributed by atoms with van der Waals surface area (Å²) >= 11 is 10.1. The van der Waals surface area contributed by atoms with Gasteiger partial charge in [-0.1, -0.05) is 41.1 Å². The number of aromatic hydroxyl groups is 1. The highest BCUT2D eigenvalue weighted by Gasteiger charge is 2.22. The summed E-state index contributed by atoms with van der Waals surface area (Å²) in [5.74, 6) is -0.225. The second-order valence-corrected chi connectivity index (χ2v) is 11.9. The van der Waals surface area contributed by atoms with Gasteiger partial charge >= 0.3 is 0 Å². The SMILES string of the molecule is COc1cccc(CNc2cnc(S(=O)(=O)Nc3nc(-c4ccc(Cl)c(F)c4)c(Br)s3)c(C)c2)c1O. The molecule has 2 aromatic carbocycles. The highest BCUT2D eigenvalue weighted by atomic mass is 79.9. The van der Waals surface area contributed by atoms with E-state index in [-0.39, 0.29) is 27.5 Å². The number of aryl methyl sites for hydroxylation is 1. The van der Waals surface area contributed by atoms with E-state index in [1.165, 1.54) is 25.4 Å². The maximum absolute atomic E-state index is 13.9. The van der Waals surface area contributed by atoms with Crippen LogP contribution in [-0.4, -0.2) is 30.6 Å². The van der Waals surface area contributed by atoms with Gasteiger partial charge in [-0.3, -0.25) is 4.72 Å². The lowest BCUT2D eigenvalue weighted by molar-refractivity contribution is 0.371. The minimum absolute atomic E-state index is 0.0224. The second-order valence-electron chi connectivity index (χ2n) is 7.54. The van der Waals surface area contributed by atoms with Crippen LogP contribution in [0.3, 0.4) is 0 Å². The van der Waals surface area contributed by atoms with Gasteiger partial charge < -0.3 is 15.2 Å². The lowest BCUT2D eigenvalue weighted by atomic mass is 10.2. The average molecular weight is 614 g/mol. The number of nitrogens with one attached hydrogen (secondary N) is 2. The standard InChI is InChI=1S/C23H19BrClFN4O4S2/c1-12-8-15(27-10-14-4-3-5-18(34-2)20(14)31)11-28-22(12)36(32,33)30-23-29-19(21(24)35-23)13-6-7-16(25)17(26)9-13/h3-9,11,27,31H,10H2,1-2H3,(H,29,30). The van der Waals surface area contributed by atoms with Crippen LogP contribution in [0.4, 0.5) is 15.2 Å². The fraction of sp³-hybridized carbons (Fsp3) is 0.130. The molecule has 3 N–H and O–H groups in total. The molecule has 0 unspecified atom stereocenters. The highest BCUT2D eigenvalue weighted by molar-refractivity contribution is 9.11. The molecular weight excluding hydrogens is 595 g/mol. The topological polar surface area (TPSA) is 113 Å². The van der Waals surface area contributed by atoms with Crippen LogP contribution in [0, 0.1) is 12.7 Å². The lowest BCUT2D eigenvalue weighted by Crippen LogP contribution is -2.16. The molecule has 0 aliphatic rings. The number of rotatable bonds is 8. The quantitative estimate of drug-likeness (QED) is 0.217. The summed E-state index contributed by atoms with van der Waals surface area (Å²) in [7, 11) is -2.59. The van der Waals surface area contributed by atoms with Crippen molar-refractivity contribution in [2.24, 2.45) is 0 Å². The molecule has 4 rings (SSSR count). The van der Waals surface area contributed by atoms with Crippen LogP contribution in [0.1, 0.15) is 11.1 Å². The first-order chi connectivity index (χ1) is 17.1. The van der Waals surface area contributed by atoms with E-state index in [9.17, 15) is 17.9 Å². The van der Waals surface area contributed by atoms with E-state index >= 15 is 0 Å². The number of methoxy groups -OCH3 is 1. The monoisotopic (exact) mass is 612 g/mol. The lowest BCUT2D eigenvalue weighted by Gasteiger charge is -2.12. The minimum Gasteiger partial charge on any atom is -0.504 e. The van der Waals surface area contributed by atoms with Crippen molar-refractivity contribution in [1.82, 2.24) is 9.97 Å². The first-order valence-electron chi connectivity index (χ1n) is 10.3. The fourth-order valence-corrected chi connectivity index (χ4v) is 6.35. The third-order valence-electron chi connectivity index (χ3n) is 5.07. The first-order valence-corrected chi connectivity index (χ1v) is 13.8. The van der Waals surface area contributed by atoms with Gasteiger partial charge in [-0.2, -0.15) is 8.42 Å². The summed E-state index contributed by atoms with van der Waals surface area (Å²) in [5.41, 5.74) is 2.39. The van der Waals surface area contributed by atoms with Crippen LogP contribution < -0.4 is 14.8 Å². The maximum atomic E-state index is 13.9. The largest absolute Gasteiger partial charge is 0.504 e. The summed E-state index contributed by atoms with van der Waals surface area (Å²) in [5, 5.41) is 13.2. The van der Waals surface area contributed by atoms with Crippen LogP contribution in [0.15, 0.2) is 57.5 Å². The molecule has 0 bridgehead atoms. The molecule has 0 spiro atoms. The molecule has 36 heavy (non-hydrogen) atoms. The zero-order valence-corrected chi connectivity index (χ0v) is 22.8. The number of halogens is 3. The van der Waals surface area contributed by atoms with Gasteiger partial charge in [0.25, 0.3) is 10.0 Å². The molecule has 2 aromatic heterocycles. The summed E-state index contributed by atoms with van der Waals surface area (Å²) in [6.45, 7) is 1.89. The predicted octanol–water partition coefficient (Wildman–Crippen LogP) is 6.20. The van der Waals surface area contributed by atoms with Crippen molar-refractivity contribution >= 4 is 59.7 Å². The first kappa shape index (κ1) is 26.1. The van der Waals surface area contributed by atoms with E-state index in [4.69, 9.17) is 16.3 Å². The number of sulfonamides is 1. The van der Waals surface area contributed by atoms with Crippen LogP contribution in [-0.2, 0) is 16.6 Å². The molecule has 0 saturated heterocycles. The molecule has 188 valence electrons. The Hall–Kier alpha value is -2.93. The Labute approximate surface area is 224 Å². The Morgan fingerprint density at radius 3 is 2.72 bits per heavy atom. The average Bonchev–Trinajstić information content (AvgIpc) is 3.19. The van der Waals surface area contributed by atoms with E-state index in [0.29, 0.717) is 37.6 Å². The molecular formula is C23H19BrClFN4O4S2. The molecule has 0 amide bonds. The third-order valence-corrected chi connectivity index (χ3v) is 8.53. The Bertz CT molecular complexity index is 1550. The van der Waals surface area contributed by atoms with Crippen molar-refractivity contribution in [3.63, 3.8) is 0 Å². The van der Waals surface area contributed by atoms with E-state index in [0.717, 1.165) is 11.3 Å². The number of thiazole rings is 1. The number of phenols is 1.